The predicted octanol–water partition coefficient (Wildman–Crippen LogP) is 5.27. The molecule has 0 bridgehead atoms. The first-order chi connectivity index (χ1) is 11.2. The van der Waals surface area contributed by atoms with E-state index in [2.05, 4.69) is 40.9 Å². The van der Waals surface area contributed by atoms with Crippen molar-refractivity contribution in [2.75, 3.05) is 0 Å². The average molecular weight is 299 g/mol. The van der Waals surface area contributed by atoms with Crippen LogP contribution in [-0.2, 0) is 0 Å². The number of hydrogen-bond donors (Lipinski definition) is 0. The van der Waals surface area contributed by atoms with Crippen molar-refractivity contribution in [2.45, 2.75) is 13.8 Å². The minimum Gasteiger partial charge on any atom is -0.315 e. The van der Waals surface area contributed by atoms with E-state index in [1.807, 2.05) is 37.3 Å². The van der Waals surface area contributed by atoms with E-state index in [0.717, 1.165) is 38.7 Å². The molecule has 0 aliphatic rings. The smallest absolute Gasteiger partial charge is 0.162 e. The Kier molecular flexibility index (Phi) is 3.05. The van der Waals surface area contributed by atoms with E-state index in [4.69, 9.17) is 0 Å². The van der Waals surface area contributed by atoms with Gasteiger partial charge in [0.15, 0.2) is 5.78 Å². The summed E-state index contributed by atoms with van der Waals surface area (Å²) >= 11 is 0. The molecule has 0 saturated heterocycles. The third kappa shape index (κ3) is 1.99. The molecule has 0 aliphatic carbocycles. The highest BCUT2D eigenvalue weighted by molar-refractivity contribution is 6.12. The summed E-state index contributed by atoms with van der Waals surface area (Å²) in [6, 6.07) is 20.6. The summed E-state index contributed by atoms with van der Waals surface area (Å²) in [5.74, 6) is 0.110. The normalized spacial score (nSPS) is 11.2. The fourth-order valence-electron chi connectivity index (χ4n) is 3.52. The number of hydrogen-bond acceptors (Lipinski definition) is 1. The maximum absolute atomic E-state index is 12.4. The molecule has 2 nitrogen and oxygen atoms in total. The highest BCUT2D eigenvalue weighted by Gasteiger charge is 2.20. The second kappa shape index (κ2) is 5.10. The lowest BCUT2D eigenvalue weighted by Gasteiger charge is -2.06. The molecule has 112 valence electrons. The number of fused-ring (bicyclic) bond motifs is 3. The fraction of sp³-hybridized carbons (Fsp3) is 0.0952. The highest BCUT2D eigenvalue weighted by Crippen LogP contribution is 2.35. The van der Waals surface area contributed by atoms with Crippen LogP contribution in [0.4, 0.5) is 0 Å². The highest BCUT2D eigenvalue weighted by atomic mass is 16.1. The van der Waals surface area contributed by atoms with Gasteiger partial charge >= 0.3 is 0 Å². The Bertz CT molecular complexity index is 1040. The van der Waals surface area contributed by atoms with Crippen LogP contribution < -0.4 is 0 Å². The van der Waals surface area contributed by atoms with E-state index < -0.39 is 0 Å². The monoisotopic (exact) mass is 299 g/mol. The van der Waals surface area contributed by atoms with E-state index in [0.29, 0.717) is 0 Å². The maximum Gasteiger partial charge on any atom is 0.162 e. The summed E-state index contributed by atoms with van der Waals surface area (Å²) in [4.78, 5) is 12.4. The van der Waals surface area contributed by atoms with Crippen molar-refractivity contribution in [1.82, 2.24) is 4.40 Å². The molecule has 0 saturated carbocycles. The van der Waals surface area contributed by atoms with Gasteiger partial charge in [-0.3, -0.25) is 4.79 Å². The summed E-state index contributed by atoms with van der Waals surface area (Å²) in [5, 5.41) is 2.27. The summed E-state index contributed by atoms with van der Waals surface area (Å²) in [6.45, 7) is 3.69. The topological polar surface area (TPSA) is 21.5 Å². The van der Waals surface area contributed by atoms with Gasteiger partial charge in [0.2, 0.25) is 0 Å². The first-order valence-electron chi connectivity index (χ1n) is 7.77. The van der Waals surface area contributed by atoms with Gasteiger partial charge in [0.25, 0.3) is 0 Å². The van der Waals surface area contributed by atoms with Gasteiger partial charge in [-0.05, 0) is 36.4 Å². The van der Waals surface area contributed by atoms with Crippen LogP contribution in [0, 0.1) is 6.92 Å². The number of nitrogens with zero attached hydrogens (tertiary/aromatic N) is 1. The van der Waals surface area contributed by atoms with Crippen LogP contribution in [0.15, 0.2) is 66.9 Å². The molecule has 0 spiro atoms. The van der Waals surface area contributed by atoms with Crippen molar-refractivity contribution in [3.63, 3.8) is 0 Å². The molecular formula is C21H17NO. The van der Waals surface area contributed by atoms with E-state index in [9.17, 15) is 4.79 Å². The molecule has 0 radical (unpaired) electrons. The Morgan fingerprint density at radius 1 is 0.913 bits per heavy atom. The number of benzene rings is 2. The second-order valence-electron chi connectivity index (χ2n) is 5.89. The van der Waals surface area contributed by atoms with Crippen LogP contribution in [0.1, 0.15) is 22.8 Å². The zero-order valence-corrected chi connectivity index (χ0v) is 13.2. The Morgan fingerprint density at radius 2 is 1.61 bits per heavy atom. The van der Waals surface area contributed by atoms with Gasteiger partial charge in [0.1, 0.15) is 0 Å². The van der Waals surface area contributed by atoms with Crippen LogP contribution >= 0.6 is 0 Å². The zero-order chi connectivity index (χ0) is 16.0. The summed E-state index contributed by atoms with van der Waals surface area (Å²) < 4.78 is 2.16. The number of Topliss-reactive ketones (excluding diaryl/α,β-unsaturated/α-hetero) is 1. The molecule has 2 aromatic carbocycles. The van der Waals surface area contributed by atoms with E-state index >= 15 is 0 Å². The van der Waals surface area contributed by atoms with Crippen LogP contribution in [0.3, 0.4) is 0 Å². The average Bonchev–Trinajstić information content (AvgIpc) is 2.88. The summed E-state index contributed by atoms with van der Waals surface area (Å²) in [7, 11) is 0. The number of ketones is 1. The minimum atomic E-state index is 0.110. The van der Waals surface area contributed by atoms with Gasteiger partial charge in [0, 0.05) is 17.1 Å². The molecular weight excluding hydrogens is 282 g/mol. The van der Waals surface area contributed by atoms with Gasteiger partial charge in [-0.25, -0.2) is 0 Å². The van der Waals surface area contributed by atoms with E-state index in [1.165, 1.54) is 0 Å². The first-order valence-corrected chi connectivity index (χ1v) is 7.77. The Labute approximate surface area is 135 Å². The standard InChI is InChI=1S/C21H17NO/c1-14-19(15(2)23)21-18-11-7-6-8-16(18)12-13-22(21)20(14)17-9-4-3-5-10-17/h3-13H,1-2H3. The number of pyridine rings is 1. The van der Waals surface area contributed by atoms with Crippen molar-refractivity contribution >= 4 is 22.1 Å². The molecule has 4 aromatic rings. The van der Waals surface area contributed by atoms with E-state index in [1.54, 1.807) is 6.92 Å². The van der Waals surface area contributed by atoms with Crippen molar-refractivity contribution < 1.29 is 4.79 Å². The second-order valence-corrected chi connectivity index (χ2v) is 5.89. The number of rotatable bonds is 2. The lowest BCUT2D eigenvalue weighted by atomic mass is 10.0. The molecule has 0 aliphatic heterocycles. The van der Waals surface area contributed by atoms with Gasteiger partial charge in [0.05, 0.1) is 11.2 Å². The Hall–Kier alpha value is -2.87. The SMILES string of the molecule is CC(=O)c1c(C)c(-c2ccccc2)n2ccc3ccccc3c12. The molecule has 0 atom stereocenters. The maximum atomic E-state index is 12.4. The lowest BCUT2D eigenvalue weighted by molar-refractivity contribution is 0.101. The molecule has 2 aromatic heterocycles. The molecule has 23 heavy (non-hydrogen) atoms. The molecule has 0 N–H and O–H groups in total. The largest absolute Gasteiger partial charge is 0.315 e. The lowest BCUT2D eigenvalue weighted by Crippen LogP contribution is -1.94. The van der Waals surface area contributed by atoms with Gasteiger partial charge in [-0.2, -0.15) is 0 Å². The van der Waals surface area contributed by atoms with Gasteiger partial charge in [-0.15, -0.1) is 0 Å². The number of aromatic nitrogens is 1. The van der Waals surface area contributed by atoms with Crippen LogP contribution in [0.5, 0.6) is 0 Å². The third-order valence-corrected chi connectivity index (χ3v) is 4.47. The first kappa shape index (κ1) is 13.8. The summed E-state index contributed by atoms with van der Waals surface area (Å²) in [5.41, 5.74) is 5.09. The van der Waals surface area contributed by atoms with Crippen molar-refractivity contribution in [2.24, 2.45) is 0 Å². The van der Waals surface area contributed by atoms with E-state index in [-0.39, 0.29) is 5.78 Å². The fourth-order valence-corrected chi connectivity index (χ4v) is 3.52. The Morgan fingerprint density at radius 3 is 2.35 bits per heavy atom. The van der Waals surface area contributed by atoms with Crippen molar-refractivity contribution in [3.05, 3.63) is 78.0 Å². The van der Waals surface area contributed by atoms with Crippen LogP contribution in [0.25, 0.3) is 27.5 Å². The molecule has 0 unspecified atom stereocenters. The van der Waals surface area contributed by atoms with Gasteiger partial charge in [-0.1, -0.05) is 54.6 Å². The molecule has 4 rings (SSSR count). The molecule has 2 heteroatoms. The third-order valence-electron chi connectivity index (χ3n) is 4.47. The van der Waals surface area contributed by atoms with Crippen LogP contribution in [-0.4, -0.2) is 10.2 Å². The van der Waals surface area contributed by atoms with Gasteiger partial charge < -0.3 is 4.40 Å². The quantitative estimate of drug-likeness (QED) is 0.462. The van der Waals surface area contributed by atoms with Crippen molar-refractivity contribution in [1.29, 1.82) is 0 Å². The molecule has 0 fully saturated rings. The molecule has 2 heterocycles. The Balaban J connectivity index is 2.23. The zero-order valence-electron chi connectivity index (χ0n) is 13.2. The molecule has 0 amide bonds. The van der Waals surface area contributed by atoms with Crippen molar-refractivity contribution in [3.8, 4) is 11.3 Å². The summed E-state index contributed by atoms with van der Waals surface area (Å²) in [6.07, 6.45) is 2.07. The number of carbonyl (C=O) groups excluding carboxylic acids is 1. The predicted molar refractivity (Wildman–Crippen MR) is 95.1 cm³/mol. The minimum absolute atomic E-state index is 0.110. The number of carbonyl (C=O) groups is 1. The van der Waals surface area contributed by atoms with Crippen LogP contribution in [0.2, 0.25) is 0 Å².